The van der Waals surface area contributed by atoms with Gasteiger partial charge in [-0.3, -0.25) is 4.79 Å². The third-order valence-corrected chi connectivity index (χ3v) is 3.41. The summed E-state index contributed by atoms with van der Waals surface area (Å²) in [7, 11) is 1.78. The highest BCUT2D eigenvalue weighted by Gasteiger charge is 2.17. The monoisotopic (exact) mass is 264 g/mol. The number of carbonyl (C=O) groups excluding carboxylic acids is 1. The van der Waals surface area contributed by atoms with Gasteiger partial charge in [0, 0.05) is 25.1 Å². The van der Waals surface area contributed by atoms with Gasteiger partial charge in [0.25, 0.3) is 5.91 Å². The maximum atomic E-state index is 12.3. The Balaban J connectivity index is 2.83. The van der Waals surface area contributed by atoms with Crippen molar-refractivity contribution in [1.29, 1.82) is 0 Å². The number of amides is 1. The molecule has 2 N–H and O–H groups in total. The van der Waals surface area contributed by atoms with Gasteiger partial charge in [-0.2, -0.15) is 0 Å². The lowest BCUT2D eigenvalue weighted by molar-refractivity contribution is 0.0786. The van der Waals surface area contributed by atoms with Crippen LogP contribution < -0.4 is 5.73 Å². The first-order chi connectivity index (χ1) is 8.47. The van der Waals surface area contributed by atoms with Gasteiger partial charge in [-0.05, 0) is 18.1 Å². The molecule has 0 aliphatic heterocycles. The van der Waals surface area contributed by atoms with Gasteiger partial charge in [0.15, 0.2) is 0 Å². The Morgan fingerprint density at radius 2 is 2.06 bits per heavy atom. The van der Waals surface area contributed by atoms with Crippen LogP contribution in [0, 0.1) is 5.92 Å². The number of hydrogen-bond acceptors (Lipinski definition) is 2. The molecule has 0 radical (unpaired) electrons. The summed E-state index contributed by atoms with van der Waals surface area (Å²) >= 11 is 4.93. The SMILES string of the molecule is CCc1ccccc1C(=O)N(C)CC(C)C(N)=S. The van der Waals surface area contributed by atoms with Crippen LogP contribution in [0.4, 0.5) is 0 Å². The summed E-state index contributed by atoms with van der Waals surface area (Å²) in [5, 5.41) is 0. The number of rotatable bonds is 5. The molecule has 98 valence electrons. The zero-order chi connectivity index (χ0) is 13.7. The van der Waals surface area contributed by atoms with Crippen molar-refractivity contribution in [3.8, 4) is 0 Å². The van der Waals surface area contributed by atoms with E-state index in [9.17, 15) is 4.79 Å². The Labute approximate surface area is 114 Å². The van der Waals surface area contributed by atoms with E-state index in [1.807, 2.05) is 38.1 Å². The van der Waals surface area contributed by atoms with Crippen molar-refractivity contribution in [1.82, 2.24) is 4.90 Å². The second-order valence-electron chi connectivity index (χ2n) is 4.50. The van der Waals surface area contributed by atoms with E-state index >= 15 is 0 Å². The number of carbonyl (C=O) groups is 1. The van der Waals surface area contributed by atoms with Crippen molar-refractivity contribution in [2.45, 2.75) is 20.3 Å². The normalized spacial score (nSPS) is 11.9. The van der Waals surface area contributed by atoms with Crippen LogP contribution in [0.25, 0.3) is 0 Å². The summed E-state index contributed by atoms with van der Waals surface area (Å²) in [6.07, 6.45) is 0.848. The zero-order valence-electron chi connectivity index (χ0n) is 11.1. The van der Waals surface area contributed by atoms with Crippen molar-refractivity contribution in [2.24, 2.45) is 11.7 Å². The van der Waals surface area contributed by atoms with Crippen molar-refractivity contribution in [3.05, 3.63) is 35.4 Å². The topological polar surface area (TPSA) is 46.3 Å². The van der Waals surface area contributed by atoms with Gasteiger partial charge in [0.05, 0.1) is 4.99 Å². The van der Waals surface area contributed by atoms with Crippen molar-refractivity contribution in [2.75, 3.05) is 13.6 Å². The standard InChI is InChI=1S/C14H20N2OS/c1-4-11-7-5-6-8-12(11)14(17)16(3)9-10(2)13(15)18/h5-8,10H,4,9H2,1-3H3,(H2,15,18). The largest absolute Gasteiger partial charge is 0.393 e. The van der Waals surface area contributed by atoms with E-state index in [0.29, 0.717) is 11.5 Å². The summed E-state index contributed by atoms with van der Waals surface area (Å²) in [6, 6.07) is 7.69. The molecule has 0 heterocycles. The van der Waals surface area contributed by atoms with Gasteiger partial charge in [0.1, 0.15) is 0 Å². The van der Waals surface area contributed by atoms with E-state index in [2.05, 4.69) is 0 Å². The molecule has 0 bridgehead atoms. The van der Waals surface area contributed by atoms with Crippen LogP contribution in [0.2, 0.25) is 0 Å². The van der Waals surface area contributed by atoms with E-state index in [1.54, 1.807) is 11.9 Å². The third kappa shape index (κ3) is 3.53. The fourth-order valence-corrected chi connectivity index (χ4v) is 1.90. The molecule has 0 aliphatic rings. The Morgan fingerprint density at radius 3 is 2.61 bits per heavy atom. The quantitative estimate of drug-likeness (QED) is 0.830. The predicted octanol–water partition coefficient (Wildman–Crippen LogP) is 2.24. The van der Waals surface area contributed by atoms with Crippen LogP contribution in [0.5, 0.6) is 0 Å². The highest BCUT2D eigenvalue weighted by atomic mass is 32.1. The van der Waals surface area contributed by atoms with Crippen molar-refractivity contribution < 1.29 is 4.79 Å². The highest BCUT2D eigenvalue weighted by Crippen LogP contribution is 2.12. The van der Waals surface area contributed by atoms with E-state index < -0.39 is 0 Å². The smallest absolute Gasteiger partial charge is 0.253 e. The molecular formula is C14H20N2OS. The molecule has 0 aromatic heterocycles. The fraction of sp³-hybridized carbons (Fsp3) is 0.429. The summed E-state index contributed by atoms with van der Waals surface area (Å²) in [4.78, 5) is 14.4. The number of hydrogen-bond donors (Lipinski definition) is 1. The molecule has 0 aliphatic carbocycles. The second-order valence-corrected chi connectivity index (χ2v) is 4.97. The van der Waals surface area contributed by atoms with Gasteiger partial charge in [0.2, 0.25) is 0 Å². The van der Waals surface area contributed by atoms with Crippen LogP contribution in [0.3, 0.4) is 0 Å². The summed E-state index contributed by atoms with van der Waals surface area (Å²) in [5.41, 5.74) is 7.40. The maximum absolute atomic E-state index is 12.3. The molecule has 0 fully saturated rings. The van der Waals surface area contributed by atoms with E-state index in [1.165, 1.54) is 0 Å². The Bertz CT molecular complexity index is 445. The minimum absolute atomic E-state index is 0.0237. The van der Waals surface area contributed by atoms with E-state index in [0.717, 1.165) is 17.5 Å². The summed E-state index contributed by atoms with van der Waals surface area (Å²) in [6.45, 7) is 4.52. The molecule has 0 spiro atoms. The highest BCUT2D eigenvalue weighted by molar-refractivity contribution is 7.80. The number of nitrogens with two attached hydrogens (primary N) is 1. The van der Waals surface area contributed by atoms with Gasteiger partial charge in [-0.15, -0.1) is 0 Å². The molecule has 3 nitrogen and oxygen atoms in total. The first-order valence-corrected chi connectivity index (χ1v) is 6.50. The molecule has 0 saturated heterocycles. The average Bonchev–Trinajstić information content (AvgIpc) is 2.37. The van der Waals surface area contributed by atoms with E-state index in [-0.39, 0.29) is 11.8 Å². The zero-order valence-corrected chi connectivity index (χ0v) is 12.0. The first-order valence-electron chi connectivity index (χ1n) is 6.10. The second kappa shape index (κ2) is 6.50. The first kappa shape index (κ1) is 14.6. The summed E-state index contributed by atoms with van der Waals surface area (Å²) in [5.74, 6) is 0.0540. The van der Waals surface area contributed by atoms with Crippen LogP contribution in [-0.4, -0.2) is 29.4 Å². The Morgan fingerprint density at radius 1 is 1.44 bits per heavy atom. The molecule has 1 aromatic carbocycles. The van der Waals surface area contributed by atoms with Gasteiger partial charge in [-0.1, -0.05) is 44.3 Å². The summed E-state index contributed by atoms with van der Waals surface area (Å²) < 4.78 is 0. The average molecular weight is 264 g/mol. The molecule has 18 heavy (non-hydrogen) atoms. The van der Waals surface area contributed by atoms with Crippen LogP contribution >= 0.6 is 12.2 Å². The molecule has 1 rings (SSSR count). The lowest BCUT2D eigenvalue weighted by atomic mass is 10.0. The Kier molecular flexibility index (Phi) is 5.28. The minimum Gasteiger partial charge on any atom is -0.393 e. The van der Waals surface area contributed by atoms with Crippen LogP contribution in [-0.2, 0) is 6.42 Å². The molecular weight excluding hydrogens is 244 g/mol. The minimum atomic E-state index is 0.0237. The number of benzene rings is 1. The Hall–Kier alpha value is -1.42. The van der Waals surface area contributed by atoms with Crippen molar-refractivity contribution in [3.63, 3.8) is 0 Å². The molecule has 4 heteroatoms. The molecule has 1 aromatic rings. The van der Waals surface area contributed by atoms with E-state index in [4.69, 9.17) is 18.0 Å². The van der Waals surface area contributed by atoms with Gasteiger partial charge < -0.3 is 10.6 Å². The molecule has 1 unspecified atom stereocenters. The van der Waals surface area contributed by atoms with Crippen LogP contribution in [0.1, 0.15) is 29.8 Å². The number of nitrogens with zero attached hydrogens (tertiary/aromatic N) is 1. The third-order valence-electron chi connectivity index (χ3n) is 3.01. The molecule has 0 saturated carbocycles. The molecule has 1 atom stereocenters. The van der Waals surface area contributed by atoms with Crippen LogP contribution in [0.15, 0.2) is 24.3 Å². The van der Waals surface area contributed by atoms with Crippen molar-refractivity contribution >= 4 is 23.1 Å². The molecule has 1 amide bonds. The predicted molar refractivity (Wildman–Crippen MR) is 78.7 cm³/mol. The van der Waals surface area contributed by atoms with Gasteiger partial charge >= 0.3 is 0 Å². The fourth-order valence-electron chi connectivity index (χ4n) is 1.83. The number of thiocarbonyl (C=S) groups is 1. The van der Waals surface area contributed by atoms with Gasteiger partial charge in [-0.25, -0.2) is 0 Å². The lowest BCUT2D eigenvalue weighted by Gasteiger charge is -2.22. The maximum Gasteiger partial charge on any atom is 0.253 e. The lowest BCUT2D eigenvalue weighted by Crippen LogP contribution is -2.35. The number of aryl methyl sites for hydroxylation is 1.